The highest BCUT2D eigenvalue weighted by molar-refractivity contribution is 5.98. The standard InChI is InChI=1S/C15H18N12O3/c16-22-19-7-1-10-13(28)26-5-8(20-23-17)3-12(26)15(30)27-6-9(21-24-18)2-11(27)14(29)25(10)4-7/h7-12H,1-6H2/t7-,8-,9-,10-,11-,12-/m0/s1. The molecule has 15 heteroatoms. The molecule has 0 spiro atoms. The van der Waals surface area contributed by atoms with Crippen LogP contribution >= 0.6 is 0 Å². The first kappa shape index (κ1) is 19.6. The van der Waals surface area contributed by atoms with Crippen LogP contribution in [0.3, 0.4) is 0 Å². The summed E-state index contributed by atoms with van der Waals surface area (Å²) in [5.41, 5.74) is 26.4. The Morgan fingerprint density at radius 3 is 1.10 bits per heavy atom. The molecule has 0 aromatic carbocycles. The van der Waals surface area contributed by atoms with Crippen LogP contribution in [0, 0.1) is 0 Å². The van der Waals surface area contributed by atoms with E-state index >= 15 is 0 Å². The maximum atomic E-state index is 13.3. The van der Waals surface area contributed by atoms with E-state index in [4.69, 9.17) is 16.6 Å². The van der Waals surface area contributed by atoms with E-state index in [1.807, 2.05) is 0 Å². The van der Waals surface area contributed by atoms with Crippen molar-refractivity contribution < 1.29 is 14.4 Å². The highest BCUT2D eigenvalue weighted by Crippen LogP contribution is 2.34. The van der Waals surface area contributed by atoms with E-state index in [1.165, 1.54) is 14.7 Å². The number of hydrogen-bond donors (Lipinski definition) is 0. The van der Waals surface area contributed by atoms with E-state index in [0.29, 0.717) is 0 Å². The lowest BCUT2D eigenvalue weighted by Gasteiger charge is -2.29. The Balaban J connectivity index is 1.76. The number of carbonyl (C=O) groups excluding carboxylic acids is 3. The number of azide groups is 3. The average molecular weight is 414 g/mol. The van der Waals surface area contributed by atoms with Crippen molar-refractivity contribution in [1.82, 2.24) is 14.7 Å². The Morgan fingerprint density at radius 1 is 0.600 bits per heavy atom. The van der Waals surface area contributed by atoms with Gasteiger partial charge in [-0.05, 0) is 35.9 Å². The van der Waals surface area contributed by atoms with Crippen LogP contribution in [0.15, 0.2) is 15.3 Å². The first-order chi connectivity index (χ1) is 14.5. The summed E-state index contributed by atoms with van der Waals surface area (Å²) in [4.78, 5) is 52.4. The molecule has 0 N–H and O–H groups in total. The zero-order chi connectivity index (χ0) is 21.4. The second kappa shape index (κ2) is 7.64. The average Bonchev–Trinajstić information content (AvgIpc) is 3.44. The molecule has 15 nitrogen and oxygen atoms in total. The fraction of sp³-hybridized carbons (Fsp3) is 0.800. The van der Waals surface area contributed by atoms with Crippen molar-refractivity contribution in [3.8, 4) is 0 Å². The molecule has 3 amide bonds. The zero-order valence-corrected chi connectivity index (χ0v) is 15.8. The first-order valence-corrected chi connectivity index (χ1v) is 9.52. The largest absolute Gasteiger partial charge is 0.328 e. The molecule has 4 heterocycles. The molecule has 6 atom stereocenters. The van der Waals surface area contributed by atoms with Gasteiger partial charge in [0.2, 0.25) is 17.7 Å². The number of fused-ring (bicyclic) bond motifs is 3. The van der Waals surface area contributed by atoms with E-state index in [-0.39, 0.29) is 38.9 Å². The lowest BCUT2D eigenvalue weighted by atomic mass is 10.1. The maximum Gasteiger partial charge on any atom is 0.246 e. The van der Waals surface area contributed by atoms with Gasteiger partial charge in [0.05, 0.1) is 18.1 Å². The van der Waals surface area contributed by atoms with Crippen molar-refractivity contribution in [2.75, 3.05) is 19.6 Å². The fourth-order valence-electron chi connectivity index (χ4n) is 4.92. The Hall–Kier alpha value is -3.66. The summed E-state index contributed by atoms with van der Waals surface area (Å²) in [6.07, 6.45) is 0.472. The molecule has 0 aromatic heterocycles. The molecule has 156 valence electrons. The molecular formula is C15H18N12O3. The summed E-state index contributed by atoms with van der Waals surface area (Å²) in [6, 6.07) is -4.27. The molecule has 0 bridgehead atoms. The third kappa shape index (κ3) is 3.11. The third-order valence-electron chi connectivity index (χ3n) is 6.19. The Bertz CT molecular complexity index is 772. The highest BCUT2D eigenvalue weighted by atomic mass is 16.2. The lowest BCUT2D eigenvalue weighted by Crippen LogP contribution is -2.50. The van der Waals surface area contributed by atoms with Gasteiger partial charge in [0.1, 0.15) is 18.1 Å². The molecule has 4 fully saturated rings. The lowest BCUT2D eigenvalue weighted by molar-refractivity contribution is -0.144. The predicted octanol–water partition coefficient (Wildman–Crippen LogP) is 0.839. The van der Waals surface area contributed by atoms with Gasteiger partial charge in [0, 0.05) is 34.4 Å². The summed E-state index contributed by atoms with van der Waals surface area (Å²) < 4.78 is 0. The summed E-state index contributed by atoms with van der Waals surface area (Å²) in [7, 11) is 0. The molecule has 0 aliphatic carbocycles. The van der Waals surface area contributed by atoms with Crippen molar-refractivity contribution >= 4 is 17.7 Å². The summed E-state index contributed by atoms with van der Waals surface area (Å²) in [6.45, 7) is 0.215. The minimum absolute atomic E-state index is 0.0717. The van der Waals surface area contributed by atoms with Gasteiger partial charge < -0.3 is 14.7 Å². The van der Waals surface area contributed by atoms with Crippen molar-refractivity contribution in [2.45, 2.75) is 55.5 Å². The van der Waals surface area contributed by atoms with Crippen molar-refractivity contribution in [1.29, 1.82) is 0 Å². The molecule has 0 aromatic rings. The van der Waals surface area contributed by atoms with E-state index in [0.717, 1.165) is 0 Å². The van der Waals surface area contributed by atoms with Crippen LogP contribution in [0.4, 0.5) is 0 Å². The minimum Gasteiger partial charge on any atom is -0.328 e. The Morgan fingerprint density at radius 2 is 0.867 bits per heavy atom. The number of carbonyl (C=O) groups is 3. The molecule has 4 aliphatic rings. The van der Waals surface area contributed by atoms with Gasteiger partial charge >= 0.3 is 0 Å². The van der Waals surface area contributed by atoms with Crippen molar-refractivity contribution in [2.24, 2.45) is 15.3 Å². The van der Waals surface area contributed by atoms with Gasteiger partial charge in [0.25, 0.3) is 0 Å². The van der Waals surface area contributed by atoms with E-state index in [9.17, 15) is 14.4 Å². The molecule has 4 rings (SSSR count). The summed E-state index contributed by atoms with van der Waals surface area (Å²) >= 11 is 0. The minimum atomic E-state index is -0.869. The van der Waals surface area contributed by atoms with Crippen molar-refractivity contribution in [3.63, 3.8) is 0 Å². The zero-order valence-electron chi connectivity index (χ0n) is 15.8. The number of rotatable bonds is 3. The second-order valence-electron chi connectivity index (χ2n) is 7.80. The molecule has 0 saturated carbocycles. The van der Waals surface area contributed by atoms with Gasteiger partial charge in [-0.25, -0.2) is 0 Å². The van der Waals surface area contributed by atoms with Gasteiger partial charge in [-0.1, -0.05) is 15.3 Å². The molecule has 30 heavy (non-hydrogen) atoms. The number of amides is 3. The van der Waals surface area contributed by atoms with Crippen LogP contribution in [-0.4, -0.2) is 88.3 Å². The molecule has 4 aliphatic heterocycles. The topological polar surface area (TPSA) is 207 Å². The van der Waals surface area contributed by atoms with Crippen LogP contribution in [-0.2, 0) is 14.4 Å². The smallest absolute Gasteiger partial charge is 0.246 e. The molecular weight excluding hydrogens is 396 g/mol. The first-order valence-electron chi connectivity index (χ1n) is 9.52. The Labute approximate surface area is 169 Å². The molecule has 0 unspecified atom stereocenters. The predicted molar refractivity (Wildman–Crippen MR) is 99.2 cm³/mol. The quantitative estimate of drug-likeness (QED) is 0.374. The normalized spacial score (nSPS) is 35.2. The maximum absolute atomic E-state index is 13.3. The third-order valence-corrected chi connectivity index (χ3v) is 6.19. The summed E-state index contributed by atoms with van der Waals surface area (Å²) in [5, 5.41) is 11.0. The summed E-state index contributed by atoms with van der Waals surface area (Å²) in [5.74, 6) is -1.25. The van der Waals surface area contributed by atoms with E-state index < -0.39 is 54.0 Å². The van der Waals surface area contributed by atoms with Gasteiger partial charge in [-0.15, -0.1) is 0 Å². The van der Waals surface area contributed by atoms with Crippen molar-refractivity contribution in [3.05, 3.63) is 31.3 Å². The second-order valence-corrected chi connectivity index (χ2v) is 7.80. The van der Waals surface area contributed by atoms with E-state index in [2.05, 4.69) is 30.1 Å². The highest BCUT2D eigenvalue weighted by Gasteiger charge is 2.53. The molecule has 0 radical (unpaired) electrons. The fourth-order valence-corrected chi connectivity index (χ4v) is 4.92. The molecule has 4 saturated heterocycles. The number of hydrogen-bond acceptors (Lipinski definition) is 6. The van der Waals surface area contributed by atoms with Crippen LogP contribution in [0.25, 0.3) is 31.3 Å². The monoisotopic (exact) mass is 414 g/mol. The number of nitrogens with zero attached hydrogens (tertiary/aromatic N) is 12. The van der Waals surface area contributed by atoms with Crippen LogP contribution < -0.4 is 0 Å². The van der Waals surface area contributed by atoms with Crippen LogP contribution in [0.1, 0.15) is 19.3 Å². The SMILES string of the molecule is [N-]=[N+]=N[C@H]1C[C@H]2C(=O)N3C[C@@H](N=[N+]=[N-])C[C@H]3C(=O)N3C[C@@H](N=[N+]=[N-])C[C@H]3C(=O)N2C1. The van der Waals surface area contributed by atoms with Gasteiger partial charge in [0.15, 0.2) is 0 Å². The van der Waals surface area contributed by atoms with Gasteiger partial charge in [-0.2, -0.15) is 0 Å². The van der Waals surface area contributed by atoms with Crippen LogP contribution in [0.5, 0.6) is 0 Å². The van der Waals surface area contributed by atoms with Gasteiger partial charge in [-0.3, -0.25) is 14.4 Å². The Kier molecular flexibility index (Phi) is 5.00. The van der Waals surface area contributed by atoms with Crippen LogP contribution in [0.2, 0.25) is 0 Å². The van der Waals surface area contributed by atoms with E-state index in [1.54, 1.807) is 0 Å².